The minimum atomic E-state index is -0.459. The molecule has 0 spiro atoms. The Morgan fingerprint density at radius 1 is 1.23 bits per heavy atom. The second-order valence-electron chi connectivity index (χ2n) is 7.19. The number of rotatable bonds is 6. The van der Waals surface area contributed by atoms with Crippen LogP contribution in [-0.4, -0.2) is 32.6 Å². The summed E-state index contributed by atoms with van der Waals surface area (Å²) in [6.07, 6.45) is 0.731. The standard InChI is InChI=1S/C22H24ClN5O2S/c1-4-18-25-26-22-28(18)27-19(14-7-10-16(11-8-14)30-5-2)20(31-22)21(29)24-15-9-6-13(3)17(23)12-15/h6-12,19-20,27H,4-5H2,1-3H3,(H,24,29)/t19-,20+/m1/s1. The van der Waals surface area contributed by atoms with Crippen LogP contribution in [0.4, 0.5) is 5.69 Å². The van der Waals surface area contributed by atoms with Gasteiger partial charge in [-0.1, -0.05) is 48.5 Å². The number of thioether (sulfide) groups is 1. The SMILES string of the molecule is CCOc1ccc([C@H]2Nn3c(CC)nnc3S[C@@H]2C(=O)Nc2ccc(C)c(Cl)c2)cc1. The van der Waals surface area contributed by atoms with Gasteiger partial charge in [-0.3, -0.25) is 4.79 Å². The molecule has 0 unspecified atom stereocenters. The van der Waals surface area contributed by atoms with Gasteiger partial charge in [0.15, 0.2) is 5.82 Å². The van der Waals surface area contributed by atoms with E-state index in [0.717, 1.165) is 29.1 Å². The molecule has 0 radical (unpaired) electrons. The van der Waals surface area contributed by atoms with Gasteiger partial charge in [-0.25, -0.2) is 4.68 Å². The van der Waals surface area contributed by atoms with E-state index in [4.69, 9.17) is 16.3 Å². The number of nitrogens with one attached hydrogen (secondary N) is 2. The molecule has 2 aromatic carbocycles. The smallest absolute Gasteiger partial charge is 0.240 e. The predicted octanol–water partition coefficient (Wildman–Crippen LogP) is 4.60. The number of aromatic nitrogens is 3. The molecule has 4 rings (SSSR count). The van der Waals surface area contributed by atoms with E-state index in [9.17, 15) is 4.79 Å². The summed E-state index contributed by atoms with van der Waals surface area (Å²) >= 11 is 7.63. The summed E-state index contributed by atoms with van der Waals surface area (Å²) in [4.78, 5) is 13.3. The predicted molar refractivity (Wildman–Crippen MR) is 124 cm³/mol. The van der Waals surface area contributed by atoms with E-state index >= 15 is 0 Å². The van der Waals surface area contributed by atoms with Crippen LogP contribution >= 0.6 is 23.4 Å². The summed E-state index contributed by atoms with van der Waals surface area (Å²) < 4.78 is 7.43. The fourth-order valence-electron chi connectivity index (χ4n) is 3.40. The lowest BCUT2D eigenvalue weighted by Gasteiger charge is -2.33. The summed E-state index contributed by atoms with van der Waals surface area (Å²) in [5.41, 5.74) is 6.04. The lowest BCUT2D eigenvalue weighted by Crippen LogP contribution is -2.41. The van der Waals surface area contributed by atoms with Gasteiger partial charge in [0.25, 0.3) is 0 Å². The second kappa shape index (κ2) is 9.20. The number of carbonyl (C=O) groups is 1. The number of anilines is 1. The molecule has 2 atom stereocenters. The van der Waals surface area contributed by atoms with Crippen LogP contribution in [0.15, 0.2) is 47.6 Å². The second-order valence-corrected chi connectivity index (χ2v) is 8.70. The van der Waals surface area contributed by atoms with Gasteiger partial charge < -0.3 is 15.5 Å². The van der Waals surface area contributed by atoms with Crippen molar-refractivity contribution in [3.05, 3.63) is 64.4 Å². The van der Waals surface area contributed by atoms with E-state index in [1.165, 1.54) is 11.8 Å². The number of hydrogen-bond donors (Lipinski definition) is 2. The molecule has 2 heterocycles. The normalized spacial score (nSPS) is 17.5. The largest absolute Gasteiger partial charge is 0.494 e. The highest BCUT2D eigenvalue weighted by Crippen LogP contribution is 2.38. The van der Waals surface area contributed by atoms with E-state index in [-0.39, 0.29) is 11.9 Å². The fraction of sp³-hybridized carbons (Fsp3) is 0.318. The molecule has 0 saturated heterocycles. The van der Waals surface area contributed by atoms with Crippen LogP contribution < -0.4 is 15.5 Å². The number of nitrogens with zero attached hydrogens (tertiary/aromatic N) is 3. The molecule has 2 N–H and O–H groups in total. The fourth-order valence-corrected chi connectivity index (χ4v) is 4.68. The van der Waals surface area contributed by atoms with Crippen LogP contribution in [0.1, 0.15) is 36.8 Å². The zero-order valence-electron chi connectivity index (χ0n) is 17.6. The molecular formula is C22H24ClN5O2S. The molecule has 0 bridgehead atoms. The number of fused-ring (bicyclic) bond motifs is 1. The van der Waals surface area contributed by atoms with Crippen molar-refractivity contribution in [2.75, 3.05) is 17.3 Å². The highest BCUT2D eigenvalue weighted by Gasteiger charge is 2.37. The van der Waals surface area contributed by atoms with Gasteiger partial charge >= 0.3 is 0 Å². The van der Waals surface area contributed by atoms with Gasteiger partial charge in [0, 0.05) is 17.1 Å². The van der Waals surface area contributed by atoms with Crippen LogP contribution in [0.2, 0.25) is 5.02 Å². The molecule has 31 heavy (non-hydrogen) atoms. The monoisotopic (exact) mass is 457 g/mol. The maximum atomic E-state index is 13.3. The Hall–Kier alpha value is -2.71. The first kappa shape index (κ1) is 21.5. The van der Waals surface area contributed by atoms with Crippen LogP contribution in [0.5, 0.6) is 5.75 Å². The summed E-state index contributed by atoms with van der Waals surface area (Å²) in [5.74, 6) is 1.48. The summed E-state index contributed by atoms with van der Waals surface area (Å²) in [5, 5.41) is 12.3. The molecule has 1 aliphatic rings. The van der Waals surface area contributed by atoms with Crippen molar-refractivity contribution >= 4 is 35.0 Å². The minimum absolute atomic E-state index is 0.136. The molecule has 7 nitrogen and oxygen atoms in total. The summed E-state index contributed by atoms with van der Waals surface area (Å²) in [6, 6.07) is 13.0. The molecule has 0 aliphatic carbocycles. The molecule has 0 fully saturated rings. The van der Waals surface area contributed by atoms with Gasteiger partial charge in [0.05, 0.1) is 12.6 Å². The van der Waals surface area contributed by atoms with Gasteiger partial charge in [-0.15, -0.1) is 10.2 Å². The summed E-state index contributed by atoms with van der Waals surface area (Å²) in [6.45, 7) is 6.50. The summed E-state index contributed by atoms with van der Waals surface area (Å²) in [7, 11) is 0. The van der Waals surface area contributed by atoms with Gasteiger partial charge in [0.2, 0.25) is 11.1 Å². The minimum Gasteiger partial charge on any atom is -0.494 e. The molecule has 9 heteroatoms. The number of aryl methyl sites for hydroxylation is 2. The van der Waals surface area contributed by atoms with Gasteiger partial charge in [0.1, 0.15) is 11.0 Å². The van der Waals surface area contributed by atoms with E-state index in [1.54, 1.807) is 6.07 Å². The third kappa shape index (κ3) is 4.50. The Balaban J connectivity index is 1.64. The van der Waals surface area contributed by atoms with Crippen LogP contribution in [0.25, 0.3) is 0 Å². The lowest BCUT2D eigenvalue weighted by molar-refractivity contribution is -0.116. The number of benzene rings is 2. The molecule has 3 aromatic rings. The molecule has 1 aromatic heterocycles. The van der Waals surface area contributed by atoms with E-state index in [1.807, 2.05) is 61.8 Å². The quantitative estimate of drug-likeness (QED) is 0.563. The number of halogens is 1. The topological polar surface area (TPSA) is 81.1 Å². The Kier molecular flexibility index (Phi) is 6.38. The highest BCUT2D eigenvalue weighted by molar-refractivity contribution is 8.00. The van der Waals surface area contributed by atoms with Gasteiger partial charge in [-0.05, 0) is 49.2 Å². The molecule has 1 amide bonds. The average molecular weight is 458 g/mol. The van der Waals surface area contributed by atoms with E-state index in [0.29, 0.717) is 22.5 Å². The third-order valence-corrected chi connectivity index (χ3v) is 6.69. The zero-order chi connectivity index (χ0) is 22.0. The van der Waals surface area contributed by atoms with E-state index < -0.39 is 5.25 Å². The Morgan fingerprint density at radius 3 is 2.68 bits per heavy atom. The van der Waals surface area contributed by atoms with Crippen molar-refractivity contribution < 1.29 is 9.53 Å². The number of hydrogen-bond acceptors (Lipinski definition) is 6. The first-order valence-corrected chi connectivity index (χ1v) is 11.4. The molecule has 162 valence electrons. The van der Waals surface area contributed by atoms with Crippen molar-refractivity contribution in [2.45, 2.75) is 43.6 Å². The molecule has 0 saturated carbocycles. The zero-order valence-corrected chi connectivity index (χ0v) is 19.1. The Morgan fingerprint density at radius 2 is 2.00 bits per heavy atom. The molecular weight excluding hydrogens is 434 g/mol. The number of ether oxygens (including phenoxy) is 1. The third-order valence-electron chi connectivity index (χ3n) is 5.07. The van der Waals surface area contributed by atoms with Crippen molar-refractivity contribution in [3.8, 4) is 5.75 Å². The van der Waals surface area contributed by atoms with Crippen molar-refractivity contribution in [1.82, 2.24) is 14.9 Å². The van der Waals surface area contributed by atoms with Crippen LogP contribution in [0.3, 0.4) is 0 Å². The Labute approximate surface area is 190 Å². The first-order valence-electron chi connectivity index (χ1n) is 10.2. The van der Waals surface area contributed by atoms with Crippen molar-refractivity contribution in [1.29, 1.82) is 0 Å². The first-order chi connectivity index (χ1) is 15.0. The maximum Gasteiger partial charge on any atom is 0.240 e. The molecule has 1 aliphatic heterocycles. The average Bonchev–Trinajstić information content (AvgIpc) is 3.18. The highest BCUT2D eigenvalue weighted by atomic mass is 35.5. The number of carbonyl (C=O) groups excluding carboxylic acids is 1. The Bertz CT molecular complexity index is 1090. The maximum absolute atomic E-state index is 13.3. The van der Waals surface area contributed by atoms with Crippen LogP contribution in [0, 0.1) is 6.92 Å². The van der Waals surface area contributed by atoms with E-state index in [2.05, 4.69) is 20.9 Å². The number of amides is 1. The van der Waals surface area contributed by atoms with Gasteiger partial charge in [-0.2, -0.15) is 0 Å². The van der Waals surface area contributed by atoms with Crippen molar-refractivity contribution in [2.24, 2.45) is 0 Å². The lowest BCUT2D eigenvalue weighted by atomic mass is 10.0. The van der Waals surface area contributed by atoms with Crippen molar-refractivity contribution in [3.63, 3.8) is 0 Å². The van der Waals surface area contributed by atoms with Crippen LogP contribution in [-0.2, 0) is 11.2 Å².